The van der Waals surface area contributed by atoms with Crippen molar-refractivity contribution >= 4 is 12.0 Å². The molecule has 20 heavy (non-hydrogen) atoms. The Hall–Kier alpha value is -1.30. The van der Waals surface area contributed by atoms with E-state index in [1.807, 2.05) is 0 Å². The lowest BCUT2D eigenvalue weighted by Gasteiger charge is -2.38. The molecule has 0 aromatic heterocycles. The van der Waals surface area contributed by atoms with E-state index in [4.69, 9.17) is 5.11 Å². The maximum Gasteiger partial charge on any atom is 0.323 e. The number of amides is 2. The highest BCUT2D eigenvalue weighted by Gasteiger charge is 2.35. The van der Waals surface area contributed by atoms with E-state index in [0.717, 1.165) is 38.8 Å². The minimum absolute atomic E-state index is 0.122. The van der Waals surface area contributed by atoms with E-state index in [-0.39, 0.29) is 24.0 Å². The van der Waals surface area contributed by atoms with E-state index in [2.05, 4.69) is 24.2 Å². The van der Waals surface area contributed by atoms with Crippen LogP contribution in [0.4, 0.5) is 4.79 Å². The van der Waals surface area contributed by atoms with Gasteiger partial charge in [-0.1, -0.05) is 6.92 Å². The van der Waals surface area contributed by atoms with Crippen molar-refractivity contribution in [2.24, 2.45) is 5.41 Å². The molecule has 2 aliphatic rings. The number of nitrogens with one attached hydrogen (secondary N) is 1. The second-order valence-electron chi connectivity index (χ2n) is 6.53. The Bertz CT molecular complexity index is 374. The second-order valence-corrected chi connectivity index (χ2v) is 6.53. The first-order valence-corrected chi connectivity index (χ1v) is 7.34. The van der Waals surface area contributed by atoms with Crippen LogP contribution in [0.3, 0.4) is 0 Å². The maximum absolute atomic E-state index is 12.2. The highest BCUT2D eigenvalue weighted by atomic mass is 16.4. The second kappa shape index (κ2) is 5.99. The lowest BCUT2D eigenvalue weighted by molar-refractivity contribution is -0.137. The van der Waals surface area contributed by atoms with E-state index in [1.165, 1.54) is 4.90 Å². The number of hydrogen-bond acceptors (Lipinski definition) is 3. The minimum Gasteiger partial charge on any atom is -0.480 e. The number of nitrogens with zero attached hydrogens (tertiary/aromatic N) is 2. The van der Waals surface area contributed by atoms with Crippen LogP contribution in [0.25, 0.3) is 0 Å². The monoisotopic (exact) mass is 283 g/mol. The van der Waals surface area contributed by atoms with Gasteiger partial charge in [0.1, 0.15) is 6.54 Å². The maximum atomic E-state index is 12.2. The molecule has 0 aromatic rings. The van der Waals surface area contributed by atoms with E-state index in [9.17, 15) is 9.59 Å². The van der Waals surface area contributed by atoms with Gasteiger partial charge in [0.25, 0.3) is 0 Å². The molecule has 1 aliphatic heterocycles. The molecule has 2 N–H and O–H groups in total. The number of carboxylic acids is 1. The van der Waals surface area contributed by atoms with E-state index < -0.39 is 5.97 Å². The first-order chi connectivity index (χ1) is 9.39. The average Bonchev–Trinajstić information content (AvgIpc) is 3.21. The van der Waals surface area contributed by atoms with Crippen LogP contribution in [0.15, 0.2) is 0 Å². The number of carbonyl (C=O) groups excluding carboxylic acids is 1. The Morgan fingerprint density at radius 3 is 2.45 bits per heavy atom. The predicted molar refractivity (Wildman–Crippen MR) is 75.6 cm³/mol. The van der Waals surface area contributed by atoms with Crippen LogP contribution in [0, 0.1) is 5.41 Å². The normalized spacial score (nSPS) is 22.3. The summed E-state index contributed by atoms with van der Waals surface area (Å²) in [6, 6.07) is -0.105. The summed E-state index contributed by atoms with van der Waals surface area (Å²) in [5.41, 5.74) is 0.126. The Kier molecular flexibility index (Phi) is 4.52. The zero-order valence-electron chi connectivity index (χ0n) is 12.4. The number of aliphatic carboxylic acids is 1. The fourth-order valence-corrected chi connectivity index (χ4v) is 2.62. The van der Waals surface area contributed by atoms with Crippen molar-refractivity contribution in [3.8, 4) is 0 Å². The van der Waals surface area contributed by atoms with Crippen LogP contribution in [0.2, 0.25) is 0 Å². The smallest absolute Gasteiger partial charge is 0.323 e. The lowest BCUT2D eigenvalue weighted by Crippen LogP contribution is -2.49. The van der Waals surface area contributed by atoms with Gasteiger partial charge in [0.15, 0.2) is 0 Å². The molecule has 1 saturated carbocycles. The fraction of sp³-hybridized carbons (Fsp3) is 0.857. The molecule has 114 valence electrons. The summed E-state index contributed by atoms with van der Waals surface area (Å²) in [5.74, 6) is -0.947. The molecule has 6 heteroatoms. The van der Waals surface area contributed by atoms with Gasteiger partial charge in [0, 0.05) is 12.6 Å². The van der Waals surface area contributed by atoms with Crippen molar-refractivity contribution < 1.29 is 14.7 Å². The third-order valence-electron chi connectivity index (χ3n) is 4.41. The van der Waals surface area contributed by atoms with E-state index in [1.54, 1.807) is 0 Å². The molecule has 6 nitrogen and oxygen atoms in total. The molecule has 2 rings (SSSR count). The Balaban J connectivity index is 1.82. The van der Waals surface area contributed by atoms with Gasteiger partial charge >= 0.3 is 12.0 Å². The van der Waals surface area contributed by atoms with Crippen LogP contribution in [0.1, 0.15) is 32.6 Å². The van der Waals surface area contributed by atoms with Crippen molar-refractivity contribution in [2.45, 2.75) is 38.6 Å². The number of carboxylic acid groups (broad SMARTS) is 1. The van der Waals surface area contributed by atoms with Gasteiger partial charge in [-0.15, -0.1) is 0 Å². The van der Waals surface area contributed by atoms with Crippen molar-refractivity contribution in [1.82, 2.24) is 15.1 Å². The SMILES string of the molecule is CN1CCC(C)(CNC(=O)N(CC(=O)O)C2CC2)CC1. The van der Waals surface area contributed by atoms with Crippen molar-refractivity contribution in [3.63, 3.8) is 0 Å². The van der Waals surface area contributed by atoms with E-state index in [0.29, 0.717) is 6.54 Å². The standard InChI is InChI=1S/C14H25N3O3/c1-14(5-7-16(2)8-6-14)10-15-13(20)17(9-12(18)19)11-3-4-11/h11H,3-10H2,1-2H3,(H,15,20)(H,18,19). The van der Waals surface area contributed by atoms with Gasteiger partial charge in [-0.2, -0.15) is 0 Å². The Morgan fingerprint density at radius 2 is 1.95 bits per heavy atom. The summed E-state index contributed by atoms with van der Waals surface area (Å²) in [6.45, 7) is 4.72. The first-order valence-electron chi connectivity index (χ1n) is 7.34. The summed E-state index contributed by atoms with van der Waals surface area (Å²) >= 11 is 0. The van der Waals surface area contributed by atoms with E-state index >= 15 is 0 Å². The third kappa shape index (κ3) is 4.10. The predicted octanol–water partition coefficient (Wildman–Crippen LogP) is 0.977. The van der Waals surface area contributed by atoms with Gasteiger partial charge < -0.3 is 20.2 Å². The molecule has 2 amide bonds. The van der Waals surface area contributed by atoms with Crippen LogP contribution in [-0.4, -0.2) is 66.2 Å². The van der Waals surface area contributed by atoms with Gasteiger partial charge in [0.05, 0.1) is 0 Å². The largest absolute Gasteiger partial charge is 0.480 e. The third-order valence-corrected chi connectivity index (χ3v) is 4.41. The van der Waals surface area contributed by atoms with Gasteiger partial charge in [-0.25, -0.2) is 4.79 Å². The molecule has 1 saturated heterocycles. The molecular formula is C14H25N3O3. The number of rotatable bonds is 5. The molecule has 2 fully saturated rings. The molecule has 0 radical (unpaired) electrons. The summed E-state index contributed by atoms with van der Waals surface area (Å²) < 4.78 is 0. The van der Waals surface area contributed by atoms with Crippen LogP contribution in [-0.2, 0) is 4.79 Å². The van der Waals surface area contributed by atoms with Crippen LogP contribution < -0.4 is 5.32 Å². The average molecular weight is 283 g/mol. The van der Waals surface area contributed by atoms with Crippen LogP contribution in [0.5, 0.6) is 0 Å². The lowest BCUT2D eigenvalue weighted by atomic mass is 9.80. The summed E-state index contributed by atoms with van der Waals surface area (Å²) in [5, 5.41) is 11.8. The molecule has 1 heterocycles. The fourth-order valence-electron chi connectivity index (χ4n) is 2.62. The molecular weight excluding hydrogens is 258 g/mol. The van der Waals surface area contributed by atoms with Crippen molar-refractivity contribution in [2.75, 3.05) is 33.2 Å². The van der Waals surface area contributed by atoms with Gasteiger partial charge in [-0.3, -0.25) is 4.79 Å². The number of hydrogen-bond donors (Lipinski definition) is 2. The van der Waals surface area contributed by atoms with Gasteiger partial charge in [0.2, 0.25) is 0 Å². The molecule has 0 aromatic carbocycles. The Morgan fingerprint density at radius 1 is 1.35 bits per heavy atom. The number of urea groups is 1. The first kappa shape index (κ1) is 15.1. The van der Waals surface area contributed by atoms with Gasteiger partial charge in [-0.05, 0) is 51.2 Å². The highest BCUT2D eigenvalue weighted by Crippen LogP contribution is 2.30. The quantitative estimate of drug-likeness (QED) is 0.789. The zero-order chi connectivity index (χ0) is 14.8. The highest BCUT2D eigenvalue weighted by molar-refractivity contribution is 5.80. The summed E-state index contributed by atoms with van der Waals surface area (Å²) in [6.07, 6.45) is 3.96. The molecule has 1 aliphatic carbocycles. The number of carbonyl (C=O) groups is 2. The minimum atomic E-state index is -0.947. The van der Waals surface area contributed by atoms with Crippen molar-refractivity contribution in [3.05, 3.63) is 0 Å². The summed E-state index contributed by atoms with van der Waals surface area (Å²) in [7, 11) is 2.11. The molecule has 0 unspecified atom stereocenters. The number of piperidine rings is 1. The molecule has 0 bridgehead atoms. The number of likely N-dealkylation sites (tertiary alicyclic amines) is 1. The van der Waals surface area contributed by atoms with Crippen LogP contribution >= 0.6 is 0 Å². The topological polar surface area (TPSA) is 72.9 Å². The Labute approximate surface area is 120 Å². The molecule has 0 spiro atoms. The zero-order valence-corrected chi connectivity index (χ0v) is 12.4. The van der Waals surface area contributed by atoms with Crippen molar-refractivity contribution in [1.29, 1.82) is 0 Å². The summed E-state index contributed by atoms with van der Waals surface area (Å²) in [4.78, 5) is 26.7. The molecule has 0 atom stereocenters.